The minimum atomic E-state index is -4.36. The number of nitrogens with one attached hydrogen (secondary N) is 1. The smallest absolute Gasteiger partial charge is 0.379 e. The first-order chi connectivity index (χ1) is 9.50. The number of anilines is 1. The van der Waals surface area contributed by atoms with Crippen molar-refractivity contribution in [2.75, 3.05) is 5.32 Å². The number of rotatable bonds is 5. The van der Waals surface area contributed by atoms with Crippen molar-refractivity contribution < 1.29 is 13.2 Å². The van der Waals surface area contributed by atoms with Crippen molar-refractivity contribution in [1.82, 2.24) is 9.78 Å². The Labute approximate surface area is 115 Å². The molecule has 1 N–H and O–H groups in total. The van der Waals surface area contributed by atoms with Crippen LogP contribution in [0.5, 0.6) is 0 Å². The molecule has 6 heteroatoms. The molecule has 20 heavy (non-hydrogen) atoms. The van der Waals surface area contributed by atoms with E-state index in [4.69, 9.17) is 0 Å². The Morgan fingerprint density at radius 3 is 2.65 bits per heavy atom. The molecule has 3 nitrogen and oxygen atoms in total. The molecule has 108 valence electrons. The molecule has 0 saturated heterocycles. The molecule has 0 bridgehead atoms. The second kappa shape index (κ2) is 5.98. The molecule has 1 aromatic carbocycles. The highest BCUT2D eigenvalue weighted by molar-refractivity contribution is 5.52. The van der Waals surface area contributed by atoms with Crippen LogP contribution in [0, 0.1) is 0 Å². The van der Waals surface area contributed by atoms with E-state index in [0.717, 1.165) is 24.7 Å². The van der Waals surface area contributed by atoms with Gasteiger partial charge in [-0.25, -0.2) is 0 Å². The van der Waals surface area contributed by atoms with Crippen LogP contribution in [0.15, 0.2) is 36.5 Å². The number of halogens is 3. The van der Waals surface area contributed by atoms with E-state index in [1.165, 1.54) is 12.1 Å². The molecular formula is C14H16F3N3. The highest BCUT2D eigenvalue weighted by Crippen LogP contribution is 2.34. The number of para-hydroxylation sites is 1. The van der Waals surface area contributed by atoms with E-state index in [1.807, 2.05) is 13.1 Å². The van der Waals surface area contributed by atoms with Crippen molar-refractivity contribution in [3.63, 3.8) is 0 Å². The predicted molar refractivity (Wildman–Crippen MR) is 71.3 cm³/mol. The Balaban J connectivity index is 2.07. The Bertz CT molecular complexity index is 561. The summed E-state index contributed by atoms with van der Waals surface area (Å²) < 4.78 is 40.2. The summed E-state index contributed by atoms with van der Waals surface area (Å²) in [6.45, 7) is 3.11. The van der Waals surface area contributed by atoms with Gasteiger partial charge in [0.15, 0.2) is 0 Å². The zero-order valence-corrected chi connectivity index (χ0v) is 11.1. The van der Waals surface area contributed by atoms with E-state index in [9.17, 15) is 13.2 Å². The van der Waals surface area contributed by atoms with Crippen LogP contribution in [0.1, 0.15) is 24.6 Å². The van der Waals surface area contributed by atoms with Gasteiger partial charge in [-0.15, -0.1) is 0 Å². The third-order valence-electron chi connectivity index (χ3n) is 2.84. The molecule has 0 aliphatic carbocycles. The number of alkyl halides is 3. The largest absolute Gasteiger partial charge is 0.418 e. The summed E-state index contributed by atoms with van der Waals surface area (Å²) in [4.78, 5) is 0. The maximum Gasteiger partial charge on any atom is 0.418 e. The van der Waals surface area contributed by atoms with Crippen LogP contribution in [0.4, 0.5) is 18.9 Å². The summed E-state index contributed by atoms with van der Waals surface area (Å²) in [7, 11) is 0. The molecule has 0 aliphatic rings. The van der Waals surface area contributed by atoms with Crippen LogP contribution in [0.3, 0.4) is 0 Å². The lowest BCUT2D eigenvalue weighted by molar-refractivity contribution is -0.136. The highest BCUT2D eigenvalue weighted by Gasteiger charge is 2.33. The molecule has 0 amide bonds. The number of nitrogens with zero attached hydrogens (tertiary/aromatic N) is 2. The molecule has 0 aliphatic heterocycles. The maximum atomic E-state index is 12.8. The second-order valence-electron chi connectivity index (χ2n) is 4.47. The highest BCUT2D eigenvalue weighted by atomic mass is 19.4. The monoisotopic (exact) mass is 283 g/mol. The average molecular weight is 283 g/mol. The molecule has 2 aromatic rings. The number of aromatic nitrogens is 2. The first kappa shape index (κ1) is 14.4. The van der Waals surface area contributed by atoms with E-state index in [2.05, 4.69) is 10.4 Å². The third-order valence-corrected chi connectivity index (χ3v) is 2.84. The van der Waals surface area contributed by atoms with Crippen molar-refractivity contribution in [1.29, 1.82) is 0 Å². The fraction of sp³-hybridized carbons (Fsp3) is 0.357. The van der Waals surface area contributed by atoms with E-state index in [0.29, 0.717) is 0 Å². The molecule has 0 spiro atoms. The van der Waals surface area contributed by atoms with Crippen LogP contribution in [-0.4, -0.2) is 9.78 Å². The third kappa shape index (κ3) is 3.53. The van der Waals surface area contributed by atoms with E-state index >= 15 is 0 Å². The standard InChI is InChI=1S/C14H16F3N3/c1-2-8-20-9-7-11(19-20)10-18-13-6-4-3-5-12(13)14(15,16)17/h3-7,9,18H,2,8,10H2,1H3. The van der Waals surface area contributed by atoms with E-state index < -0.39 is 11.7 Å². The normalized spacial score (nSPS) is 11.6. The van der Waals surface area contributed by atoms with Gasteiger partial charge in [0.2, 0.25) is 0 Å². The lowest BCUT2D eigenvalue weighted by atomic mass is 10.1. The van der Waals surface area contributed by atoms with Crippen molar-refractivity contribution >= 4 is 5.69 Å². The first-order valence-electron chi connectivity index (χ1n) is 6.43. The average Bonchev–Trinajstić information content (AvgIpc) is 2.84. The number of benzene rings is 1. The molecule has 1 aromatic heterocycles. The summed E-state index contributed by atoms with van der Waals surface area (Å²) in [5, 5.41) is 7.08. The fourth-order valence-electron chi connectivity index (χ4n) is 1.92. The molecule has 0 atom stereocenters. The van der Waals surface area contributed by atoms with E-state index in [-0.39, 0.29) is 12.2 Å². The molecule has 0 radical (unpaired) electrons. The Kier molecular flexibility index (Phi) is 4.32. The van der Waals surface area contributed by atoms with Crippen LogP contribution >= 0.6 is 0 Å². The van der Waals surface area contributed by atoms with Gasteiger partial charge in [0.1, 0.15) is 0 Å². The fourth-order valence-corrected chi connectivity index (χ4v) is 1.92. The Hall–Kier alpha value is -1.98. The predicted octanol–water partition coefficient (Wildman–Crippen LogP) is 3.92. The van der Waals surface area contributed by atoms with Gasteiger partial charge in [-0.2, -0.15) is 18.3 Å². The van der Waals surface area contributed by atoms with Gasteiger partial charge >= 0.3 is 6.18 Å². The van der Waals surface area contributed by atoms with Crippen molar-refractivity contribution in [3.8, 4) is 0 Å². The number of hydrogen-bond donors (Lipinski definition) is 1. The summed E-state index contributed by atoms with van der Waals surface area (Å²) >= 11 is 0. The van der Waals surface area contributed by atoms with Crippen LogP contribution in [0.25, 0.3) is 0 Å². The number of aryl methyl sites for hydroxylation is 1. The SMILES string of the molecule is CCCn1ccc(CNc2ccccc2C(F)(F)F)n1. The quantitative estimate of drug-likeness (QED) is 0.901. The van der Waals surface area contributed by atoms with Gasteiger partial charge in [-0.1, -0.05) is 19.1 Å². The minimum Gasteiger partial charge on any atom is -0.379 e. The van der Waals surface area contributed by atoms with Gasteiger partial charge in [0, 0.05) is 18.4 Å². The lowest BCUT2D eigenvalue weighted by Crippen LogP contribution is -2.11. The molecule has 0 unspecified atom stereocenters. The summed E-state index contributed by atoms with van der Waals surface area (Å²) in [6, 6.07) is 7.25. The topological polar surface area (TPSA) is 29.9 Å². The Morgan fingerprint density at radius 2 is 1.95 bits per heavy atom. The molecule has 1 heterocycles. The molecular weight excluding hydrogens is 267 g/mol. The summed E-state index contributed by atoms with van der Waals surface area (Å²) in [6.07, 6.45) is -1.56. The van der Waals surface area contributed by atoms with Crippen molar-refractivity contribution in [3.05, 3.63) is 47.8 Å². The van der Waals surface area contributed by atoms with Crippen LogP contribution in [-0.2, 0) is 19.3 Å². The van der Waals surface area contributed by atoms with Gasteiger partial charge in [-0.3, -0.25) is 4.68 Å². The zero-order valence-electron chi connectivity index (χ0n) is 11.1. The van der Waals surface area contributed by atoms with Gasteiger partial charge in [0.25, 0.3) is 0 Å². The molecule has 2 rings (SSSR count). The van der Waals surface area contributed by atoms with Crippen LogP contribution < -0.4 is 5.32 Å². The van der Waals surface area contributed by atoms with Crippen molar-refractivity contribution in [2.45, 2.75) is 32.6 Å². The van der Waals surface area contributed by atoms with Gasteiger partial charge in [0.05, 0.1) is 17.8 Å². The molecule has 0 fully saturated rings. The summed E-state index contributed by atoms with van der Waals surface area (Å²) in [5.41, 5.74) is 0.133. The zero-order chi connectivity index (χ0) is 14.6. The Morgan fingerprint density at radius 1 is 1.20 bits per heavy atom. The summed E-state index contributed by atoms with van der Waals surface area (Å²) in [5.74, 6) is 0. The minimum absolute atomic E-state index is 0.0741. The van der Waals surface area contributed by atoms with Gasteiger partial charge < -0.3 is 5.32 Å². The van der Waals surface area contributed by atoms with E-state index in [1.54, 1.807) is 16.8 Å². The second-order valence-corrected chi connectivity index (χ2v) is 4.47. The lowest BCUT2D eigenvalue weighted by Gasteiger charge is -2.13. The first-order valence-corrected chi connectivity index (χ1v) is 6.43. The van der Waals surface area contributed by atoms with Crippen LogP contribution in [0.2, 0.25) is 0 Å². The van der Waals surface area contributed by atoms with Crippen molar-refractivity contribution in [2.24, 2.45) is 0 Å². The molecule has 0 saturated carbocycles. The maximum absolute atomic E-state index is 12.8. The van der Waals surface area contributed by atoms with Gasteiger partial charge in [-0.05, 0) is 24.6 Å². The number of hydrogen-bond acceptors (Lipinski definition) is 2.